The number of fused-ring (bicyclic) bond motifs is 3. The summed E-state index contributed by atoms with van der Waals surface area (Å²) in [6, 6.07) is 65.7. The van der Waals surface area contributed by atoms with Gasteiger partial charge in [-0.3, -0.25) is 13.7 Å². The predicted molar refractivity (Wildman–Crippen MR) is 303 cm³/mol. The van der Waals surface area contributed by atoms with E-state index in [2.05, 4.69) is 292 Å². The molecule has 0 aliphatic rings. The van der Waals surface area contributed by atoms with Crippen molar-refractivity contribution in [2.45, 2.75) is 117 Å². The Morgan fingerprint density at radius 2 is 1.03 bits per heavy atom. The molecule has 0 amide bonds. The maximum atomic E-state index is 7.19. The highest BCUT2D eigenvalue weighted by Crippen LogP contribution is 2.42. The molecule has 368 valence electrons. The fourth-order valence-corrected chi connectivity index (χ4v) is 10.6. The predicted octanol–water partition coefficient (Wildman–Crippen LogP) is 17.0. The molecule has 7 aromatic carbocycles. The summed E-state index contributed by atoms with van der Waals surface area (Å²) in [6.07, 6.45) is 5.98. The standard InChI is InChI=1S/C68H70N4O/c1-64(2,3)50-35-36-69-61(42-50)72-59-32-24-23-31-57(59)58-34-33-55(44-60(58)72)73-56-41-52(68(12,13)49-29-21-16-22-30-49)40-54(43-56)71-45-70(62(65(4,5)6)63(71)66(7,8)9)53-38-47(46-25-17-14-18-26-46)37-51(39-53)67(10,11)48-27-19-15-20-28-48/h14-44H,1-13H3. The molecule has 0 aliphatic carbocycles. The van der Waals surface area contributed by atoms with Crippen LogP contribution in [0.25, 0.3) is 50.1 Å². The van der Waals surface area contributed by atoms with Crippen molar-refractivity contribution in [2.75, 3.05) is 0 Å². The number of hydrogen-bond acceptors (Lipinski definition) is 2. The Bertz CT molecular complexity index is 3630. The molecule has 73 heavy (non-hydrogen) atoms. The van der Waals surface area contributed by atoms with Crippen molar-refractivity contribution in [1.29, 1.82) is 0 Å². The first kappa shape index (κ1) is 49.1. The number of hydrogen-bond donors (Lipinski definition) is 0. The third-order valence-corrected chi connectivity index (χ3v) is 14.9. The van der Waals surface area contributed by atoms with Gasteiger partial charge in [0.25, 0.3) is 6.33 Å². The molecule has 3 heterocycles. The first-order valence-corrected chi connectivity index (χ1v) is 25.9. The van der Waals surface area contributed by atoms with Gasteiger partial charge < -0.3 is 4.74 Å². The third-order valence-electron chi connectivity index (χ3n) is 14.9. The maximum absolute atomic E-state index is 7.19. The molecule has 0 atom stereocenters. The highest BCUT2D eigenvalue weighted by Gasteiger charge is 2.36. The van der Waals surface area contributed by atoms with Gasteiger partial charge in [0, 0.05) is 33.9 Å². The second-order valence-electron chi connectivity index (χ2n) is 24.1. The second-order valence-corrected chi connectivity index (χ2v) is 24.1. The summed E-state index contributed by atoms with van der Waals surface area (Å²) in [6.45, 7) is 30.0. The first-order valence-electron chi connectivity index (χ1n) is 25.9. The molecular weight excluding hydrogens is 889 g/mol. The van der Waals surface area contributed by atoms with Gasteiger partial charge in [0.2, 0.25) is 0 Å². The minimum absolute atomic E-state index is 0.0354. The number of benzene rings is 7. The number of rotatable bonds is 10. The first-order chi connectivity index (χ1) is 34.6. The molecule has 0 unspecified atom stereocenters. The summed E-state index contributed by atoms with van der Waals surface area (Å²) < 4.78 is 14.1. The van der Waals surface area contributed by atoms with Crippen molar-refractivity contribution in [3.8, 4) is 39.8 Å². The molecule has 3 aromatic heterocycles. The molecule has 0 saturated carbocycles. The third kappa shape index (κ3) is 9.31. The van der Waals surface area contributed by atoms with Gasteiger partial charge >= 0.3 is 0 Å². The minimum Gasteiger partial charge on any atom is -0.458 e. The van der Waals surface area contributed by atoms with E-state index in [1.165, 1.54) is 50.2 Å². The van der Waals surface area contributed by atoms with E-state index >= 15 is 0 Å². The Balaban J connectivity index is 1.20. The van der Waals surface area contributed by atoms with E-state index in [-0.39, 0.29) is 27.1 Å². The van der Waals surface area contributed by atoms with Gasteiger partial charge in [-0.1, -0.05) is 205 Å². The lowest BCUT2D eigenvalue weighted by atomic mass is 9.77. The molecule has 0 fully saturated rings. The SMILES string of the molecule is CC(C)(C)c1ccnc(-n2c3ccccc3c3ccc(Oc4cc(-n5[c-][n+](-c6cc(-c7ccccc7)cc(C(C)(C)c7ccccc7)c6)c(C(C)(C)C)c5C(C)(C)C)cc(C(C)(C)c5ccccc5)c4)cc32)c1. The molecule has 0 N–H and O–H groups in total. The fraction of sp³-hybridized carbons (Fsp3) is 0.265. The lowest BCUT2D eigenvalue weighted by Gasteiger charge is -2.31. The Hall–Kier alpha value is -7.50. The Labute approximate surface area is 433 Å². The van der Waals surface area contributed by atoms with E-state index in [0.29, 0.717) is 0 Å². The lowest BCUT2D eigenvalue weighted by molar-refractivity contribution is -0.611. The van der Waals surface area contributed by atoms with Crippen molar-refractivity contribution in [3.05, 3.63) is 234 Å². The number of ether oxygens (including phenoxy) is 1. The van der Waals surface area contributed by atoms with E-state index < -0.39 is 0 Å². The van der Waals surface area contributed by atoms with E-state index in [9.17, 15) is 0 Å². The largest absolute Gasteiger partial charge is 0.458 e. The molecule has 0 aliphatic heterocycles. The van der Waals surface area contributed by atoms with Crippen LogP contribution in [0.5, 0.6) is 11.5 Å². The molecule has 0 saturated heterocycles. The van der Waals surface area contributed by atoms with Gasteiger partial charge in [0.05, 0.1) is 33.8 Å². The summed E-state index contributed by atoms with van der Waals surface area (Å²) in [7, 11) is 0. The normalized spacial score (nSPS) is 12.7. The van der Waals surface area contributed by atoms with Gasteiger partial charge in [-0.2, -0.15) is 0 Å². The van der Waals surface area contributed by atoms with Crippen molar-refractivity contribution in [1.82, 2.24) is 14.1 Å². The van der Waals surface area contributed by atoms with Crippen LogP contribution in [0.3, 0.4) is 0 Å². The van der Waals surface area contributed by atoms with E-state index in [1.807, 2.05) is 6.20 Å². The number of aromatic nitrogens is 4. The van der Waals surface area contributed by atoms with E-state index in [1.54, 1.807) is 0 Å². The highest BCUT2D eigenvalue weighted by atomic mass is 16.5. The topological polar surface area (TPSA) is 35.9 Å². The van der Waals surface area contributed by atoms with Gasteiger partial charge in [0.15, 0.2) is 0 Å². The number of pyridine rings is 1. The molecule has 5 nitrogen and oxygen atoms in total. The fourth-order valence-electron chi connectivity index (χ4n) is 10.6. The van der Waals surface area contributed by atoms with Crippen molar-refractivity contribution >= 4 is 21.8 Å². The van der Waals surface area contributed by atoms with Crippen LogP contribution in [-0.4, -0.2) is 14.1 Å². The Morgan fingerprint density at radius 3 is 1.64 bits per heavy atom. The van der Waals surface area contributed by atoms with Gasteiger partial charge in [-0.05, 0) is 116 Å². The van der Waals surface area contributed by atoms with Crippen LogP contribution in [0.1, 0.15) is 129 Å². The second kappa shape index (κ2) is 18.2. The van der Waals surface area contributed by atoms with Crippen LogP contribution in [-0.2, 0) is 27.1 Å². The zero-order chi connectivity index (χ0) is 51.7. The smallest absolute Gasteiger partial charge is 0.269 e. The molecule has 0 spiro atoms. The number of imidazole rings is 1. The number of para-hydroxylation sites is 1. The van der Waals surface area contributed by atoms with Crippen LogP contribution in [0.4, 0.5) is 0 Å². The van der Waals surface area contributed by atoms with Gasteiger partial charge in [0.1, 0.15) is 17.3 Å². The Kier molecular flexibility index (Phi) is 12.2. The molecule has 5 heteroatoms. The summed E-state index contributed by atoms with van der Waals surface area (Å²) in [5.41, 5.74) is 13.7. The zero-order valence-corrected chi connectivity index (χ0v) is 45.1. The van der Waals surface area contributed by atoms with Crippen LogP contribution in [0.15, 0.2) is 188 Å². The van der Waals surface area contributed by atoms with E-state index in [0.717, 1.165) is 50.7 Å². The summed E-state index contributed by atoms with van der Waals surface area (Å²) in [5, 5.41) is 2.32. The van der Waals surface area contributed by atoms with Crippen LogP contribution in [0.2, 0.25) is 0 Å². The van der Waals surface area contributed by atoms with E-state index in [4.69, 9.17) is 9.72 Å². The average molecular weight is 959 g/mol. The zero-order valence-electron chi connectivity index (χ0n) is 45.1. The van der Waals surface area contributed by atoms with Crippen molar-refractivity contribution in [2.24, 2.45) is 0 Å². The van der Waals surface area contributed by atoms with Crippen LogP contribution >= 0.6 is 0 Å². The molecule has 10 aromatic rings. The monoisotopic (exact) mass is 959 g/mol. The summed E-state index contributed by atoms with van der Waals surface area (Å²) >= 11 is 0. The highest BCUT2D eigenvalue weighted by molar-refractivity contribution is 6.09. The minimum atomic E-state index is -0.380. The van der Waals surface area contributed by atoms with Crippen molar-refractivity contribution in [3.63, 3.8) is 0 Å². The molecular formula is C68H70N4O. The summed E-state index contributed by atoms with van der Waals surface area (Å²) in [4.78, 5) is 4.96. The quantitative estimate of drug-likeness (QED) is 0.101. The van der Waals surface area contributed by atoms with Gasteiger partial charge in [-0.15, -0.1) is 0 Å². The van der Waals surface area contributed by atoms with Crippen molar-refractivity contribution < 1.29 is 9.30 Å². The molecule has 0 bridgehead atoms. The molecule has 10 rings (SSSR count). The van der Waals surface area contributed by atoms with Crippen LogP contribution < -0.4 is 9.30 Å². The molecule has 0 radical (unpaired) electrons. The van der Waals surface area contributed by atoms with Crippen LogP contribution in [0, 0.1) is 6.33 Å². The average Bonchev–Trinajstić information content (AvgIpc) is 3.95. The lowest BCUT2D eigenvalue weighted by Crippen LogP contribution is -2.41. The summed E-state index contributed by atoms with van der Waals surface area (Å²) in [5.74, 6) is 2.37. The van der Waals surface area contributed by atoms with Gasteiger partial charge in [-0.25, -0.2) is 4.98 Å². The number of nitrogens with zero attached hydrogens (tertiary/aromatic N) is 4. The maximum Gasteiger partial charge on any atom is 0.269 e. The Morgan fingerprint density at radius 1 is 0.438 bits per heavy atom.